The summed E-state index contributed by atoms with van der Waals surface area (Å²) in [6.45, 7) is 0. The van der Waals surface area contributed by atoms with Crippen LogP contribution < -0.4 is 4.90 Å². The minimum Gasteiger partial charge on any atom is -0.455 e. The summed E-state index contributed by atoms with van der Waals surface area (Å²) in [5.41, 5.74) is 23.1. The lowest BCUT2D eigenvalue weighted by molar-refractivity contribution is 0.672. The molecule has 0 saturated heterocycles. The number of fused-ring (bicyclic) bond motifs is 18. The number of furan rings is 1. The van der Waals surface area contributed by atoms with Crippen LogP contribution in [0.15, 0.2) is 271 Å². The molecule has 2 aliphatic rings. The van der Waals surface area contributed by atoms with Gasteiger partial charge >= 0.3 is 0 Å². The van der Waals surface area contributed by atoms with Gasteiger partial charge in [-0.15, -0.1) is 0 Å². The van der Waals surface area contributed by atoms with E-state index in [-0.39, 0.29) is 0 Å². The van der Waals surface area contributed by atoms with Crippen LogP contribution in [0.25, 0.3) is 105 Å². The molecule has 2 heterocycles. The van der Waals surface area contributed by atoms with Crippen LogP contribution in [-0.2, 0) is 5.41 Å². The summed E-state index contributed by atoms with van der Waals surface area (Å²) in [5.74, 6) is 0. The number of para-hydroxylation sites is 4. The number of hydrogen-bond donors (Lipinski definition) is 0. The first-order chi connectivity index (χ1) is 36.7. The van der Waals surface area contributed by atoms with Crippen LogP contribution in [0.3, 0.4) is 0 Å². The van der Waals surface area contributed by atoms with E-state index >= 15 is 0 Å². The maximum absolute atomic E-state index is 6.65. The van der Waals surface area contributed by atoms with Gasteiger partial charge in [0.15, 0.2) is 0 Å². The van der Waals surface area contributed by atoms with Crippen molar-refractivity contribution in [2.75, 3.05) is 4.90 Å². The summed E-state index contributed by atoms with van der Waals surface area (Å²) >= 11 is 0. The molecule has 0 saturated carbocycles. The van der Waals surface area contributed by atoms with Crippen LogP contribution in [0.1, 0.15) is 22.3 Å². The largest absolute Gasteiger partial charge is 0.455 e. The number of hydrogen-bond acceptors (Lipinski definition) is 2. The second-order valence-electron chi connectivity index (χ2n) is 19.9. The van der Waals surface area contributed by atoms with Gasteiger partial charge in [0, 0.05) is 49.4 Å². The van der Waals surface area contributed by atoms with E-state index in [1.807, 2.05) is 0 Å². The lowest BCUT2D eigenvalue weighted by Crippen LogP contribution is -2.26. The van der Waals surface area contributed by atoms with E-state index in [4.69, 9.17) is 4.42 Å². The molecule has 0 atom stereocenters. The average molecular weight is 941 g/mol. The maximum Gasteiger partial charge on any atom is 0.143 e. The van der Waals surface area contributed by atoms with Crippen LogP contribution in [0.4, 0.5) is 17.1 Å². The van der Waals surface area contributed by atoms with Crippen molar-refractivity contribution in [1.82, 2.24) is 4.57 Å². The Balaban J connectivity index is 0.909. The Labute approximate surface area is 428 Å². The summed E-state index contributed by atoms with van der Waals surface area (Å²) in [6, 6.07) is 98.4. The molecule has 0 unspecified atom stereocenters. The fraction of sp³-hybridized carbons (Fsp3) is 0.0141. The Hall–Kier alpha value is -9.70. The fourth-order valence-corrected chi connectivity index (χ4v) is 13.1. The molecule has 3 nitrogen and oxygen atoms in total. The zero-order valence-electron chi connectivity index (χ0n) is 40.2. The smallest absolute Gasteiger partial charge is 0.143 e. The van der Waals surface area contributed by atoms with E-state index in [1.54, 1.807) is 0 Å². The number of benzene rings is 12. The molecule has 0 N–H and O–H groups in total. The molecule has 74 heavy (non-hydrogen) atoms. The molecule has 1 spiro atoms. The monoisotopic (exact) mass is 940 g/mol. The highest BCUT2D eigenvalue weighted by molar-refractivity contribution is 6.16. The van der Waals surface area contributed by atoms with Gasteiger partial charge in [-0.1, -0.05) is 200 Å². The molecular formula is C71H44N2O. The normalized spacial score (nSPS) is 13.0. The molecule has 12 aromatic carbocycles. The van der Waals surface area contributed by atoms with Crippen molar-refractivity contribution in [3.8, 4) is 50.2 Å². The van der Waals surface area contributed by atoms with Gasteiger partial charge in [0.1, 0.15) is 11.2 Å². The molecule has 0 radical (unpaired) electrons. The molecule has 344 valence electrons. The number of nitrogens with zero attached hydrogens (tertiary/aromatic N) is 2. The second-order valence-corrected chi connectivity index (χ2v) is 19.9. The Bertz CT molecular complexity index is 4510. The minimum absolute atomic E-state index is 0.488. The van der Waals surface area contributed by atoms with E-state index in [9.17, 15) is 0 Å². The van der Waals surface area contributed by atoms with Crippen LogP contribution in [0, 0.1) is 0 Å². The third-order valence-electron chi connectivity index (χ3n) is 16.2. The zero-order valence-corrected chi connectivity index (χ0v) is 40.2. The number of rotatable bonds is 6. The van der Waals surface area contributed by atoms with Gasteiger partial charge in [-0.25, -0.2) is 0 Å². The van der Waals surface area contributed by atoms with Gasteiger partial charge in [-0.2, -0.15) is 0 Å². The van der Waals surface area contributed by atoms with Crippen LogP contribution in [0.5, 0.6) is 0 Å². The molecule has 0 amide bonds. The van der Waals surface area contributed by atoms with Gasteiger partial charge in [0.2, 0.25) is 0 Å². The average Bonchev–Trinajstić information content (AvgIpc) is 4.25. The Morgan fingerprint density at radius 2 is 0.851 bits per heavy atom. The van der Waals surface area contributed by atoms with Crippen LogP contribution >= 0.6 is 0 Å². The lowest BCUT2D eigenvalue weighted by atomic mass is 9.70. The second kappa shape index (κ2) is 15.6. The first-order valence-corrected chi connectivity index (χ1v) is 25.6. The van der Waals surface area contributed by atoms with Gasteiger partial charge in [0.25, 0.3) is 0 Å². The molecule has 2 aromatic heterocycles. The highest BCUT2D eigenvalue weighted by atomic mass is 16.3. The predicted octanol–water partition coefficient (Wildman–Crippen LogP) is 19.0. The maximum atomic E-state index is 6.65. The van der Waals surface area contributed by atoms with E-state index in [0.717, 1.165) is 66.8 Å². The summed E-state index contributed by atoms with van der Waals surface area (Å²) in [7, 11) is 0. The van der Waals surface area contributed by atoms with Gasteiger partial charge in [0.05, 0.1) is 27.8 Å². The van der Waals surface area contributed by atoms with Crippen molar-refractivity contribution >= 4 is 71.6 Å². The van der Waals surface area contributed by atoms with Crippen molar-refractivity contribution in [2.24, 2.45) is 0 Å². The molecule has 3 heteroatoms. The Morgan fingerprint density at radius 3 is 1.54 bits per heavy atom. The van der Waals surface area contributed by atoms with Crippen LogP contribution in [0.2, 0.25) is 0 Å². The van der Waals surface area contributed by atoms with Crippen molar-refractivity contribution in [3.63, 3.8) is 0 Å². The molecule has 0 aliphatic heterocycles. The number of aromatic nitrogens is 1. The van der Waals surface area contributed by atoms with Crippen molar-refractivity contribution in [1.29, 1.82) is 0 Å². The lowest BCUT2D eigenvalue weighted by Gasteiger charge is -2.32. The summed E-state index contributed by atoms with van der Waals surface area (Å²) in [6.07, 6.45) is 0. The van der Waals surface area contributed by atoms with Crippen molar-refractivity contribution < 1.29 is 4.42 Å². The van der Waals surface area contributed by atoms with E-state index in [2.05, 4.69) is 276 Å². The minimum atomic E-state index is -0.488. The molecule has 0 bridgehead atoms. The SMILES string of the molecule is c1ccc(N(c2ccc(-c3ccccc3-n3c4ccccc4c4ccccc43)cc2)c2ccc3c(c2)C2(c4ccccc4-c4ccccc42)c2ccccc2-3)c(-c2ccc3oc4c5ccccc5ccc4c3c2)c1. The van der Waals surface area contributed by atoms with Gasteiger partial charge in [-0.3, -0.25) is 0 Å². The summed E-state index contributed by atoms with van der Waals surface area (Å²) in [4.78, 5) is 2.48. The highest BCUT2D eigenvalue weighted by Gasteiger charge is 2.51. The van der Waals surface area contributed by atoms with Gasteiger partial charge in [-0.05, 0) is 128 Å². The van der Waals surface area contributed by atoms with Crippen molar-refractivity contribution in [2.45, 2.75) is 5.41 Å². The molecule has 0 fully saturated rings. The van der Waals surface area contributed by atoms with E-state index < -0.39 is 5.41 Å². The van der Waals surface area contributed by atoms with Crippen molar-refractivity contribution in [3.05, 3.63) is 289 Å². The summed E-state index contributed by atoms with van der Waals surface area (Å²) < 4.78 is 9.08. The van der Waals surface area contributed by atoms with Gasteiger partial charge < -0.3 is 13.9 Å². The third-order valence-corrected chi connectivity index (χ3v) is 16.2. The van der Waals surface area contributed by atoms with Crippen LogP contribution in [-0.4, -0.2) is 4.57 Å². The topological polar surface area (TPSA) is 21.3 Å². The van der Waals surface area contributed by atoms with E-state index in [1.165, 1.54) is 77.3 Å². The third kappa shape index (κ3) is 5.66. The summed E-state index contributed by atoms with van der Waals surface area (Å²) in [5, 5.41) is 7.02. The number of anilines is 3. The molecular weight excluding hydrogens is 897 g/mol. The van der Waals surface area contributed by atoms with E-state index in [0.29, 0.717) is 0 Å². The first-order valence-electron chi connectivity index (χ1n) is 25.6. The zero-order chi connectivity index (χ0) is 48.5. The quantitative estimate of drug-likeness (QED) is 0.166. The molecule has 2 aliphatic carbocycles. The first kappa shape index (κ1) is 41.0. The molecule has 16 rings (SSSR count). The Morgan fingerprint density at radius 1 is 0.324 bits per heavy atom. The Kier molecular flexibility index (Phi) is 8.66. The standard InChI is InChI=1S/C71H44N2O/c1-2-20-52-45(17-1)35-40-59-60-43-47(36-42-69(60)74-70(52)59)51-19-7-13-29-65(51)72(48-37-33-46(34-38-48)50-18-6-14-30-66(50)73-67-31-15-8-24-57(67)58-25-9-16-32-68(58)73)49-39-41-56-55-23-5-12-28-63(55)71(64(56)44-49)61-26-10-3-21-53(61)54-22-4-11-27-62(54)71/h1-44H. The fourth-order valence-electron chi connectivity index (χ4n) is 13.1. The highest BCUT2D eigenvalue weighted by Crippen LogP contribution is 2.63. The molecule has 14 aromatic rings. The predicted molar refractivity (Wildman–Crippen MR) is 307 cm³/mol.